The van der Waals surface area contributed by atoms with Gasteiger partial charge in [0.05, 0.1) is 10.7 Å². The maximum atomic E-state index is 3.48. The van der Waals surface area contributed by atoms with E-state index in [4.69, 9.17) is 0 Å². The largest absolute Gasteiger partial charge is 1.00 e. The first-order valence-corrected chi connectivity index (χ1v) is 7.99. The van der Waals surface area contributed by atoms with E-state index >= 15 is 0 Å². The molecule has 2 heterocycles. The summed E-state index contributed by atoms with van der Waals surface area (Å²) in [5, 5.41) is 4.89. The highest BCUT2D eigenvalue weighted by Gasteiger charge is 2.33. The molecule has 1 aromatic carbocycles. The maximum Gasteiger partial charge on any atom is 0.337 e. The first-order valence-electron chi connectivity index (χ1n) is 7.17. The molecule has 0 aliphatic carbocycles. The van der Waals surface area contributed by atoms with Gasteiger partial charge in [0.2, 0.25) is 0 Å². The number of hydrogen-bond donors (Lipinski definition) is 1. The third-order valence-electron chi connectivity index (χ3n) is 3.69. The van der Waals surface area contributed by atoms with E-state index in [1.807, 2.05) is 11.3 Å². The molecule has 0 saturated carbocycles. The summed E-state index contributed by atoms with van der Waals surface area (Å²) in [4.78, 5) is 2.50. The van der Waals surface area contributed by atoms with Crippen molar-refractivity contribution in [1.29, 1.82) is 0 Å². The van der Waals surface area contributed by atoms with Gasteiger partial charge < -0.3 is 22.3 Å². The van der Waals surface area contributed by atoms with E-state index in [1.54, 1.807) is 0 Å². The van der Waals surface area contributed by atoms with Crippen LogP contribution in [0.5, 0.6) is 0 Å². The van der Waals surface area contributed by atoms with Crippen molar-refractivity contribution in [3.05, 3.63) is 18.2 Å². The Morgan fingerprint density at radius 1 is 1.40 bits per heavy atom. The Kier molecular flexibility index (Phi) is 4.91. The molecule has 1 N–H and O–H groups in total. The number of nitrogens with zero attached hydrogens (tertiary/aromatic N) is 2. The summed E-state index contributed by atoms with van der Waals surface area (Å²) >= 11 is 1.92. The lowest BCUT2D eigenvalue weighted by atomic mass is 10.3. The summed E-state index contributed by atoms with van der Waals surface area (Å²) in [6.45, 7) is 10.0. The predicted octanol–water partition coefficient (Wildman–Crippen LogP) is 0.243. The van der Waals surface area contributed by atoms with Gasteiger partial charge in [0.15, 0.2) is 0 Å². The van der Waals surface area contributed by atoms with Crippen molar-refractivity contribution in [3.8, 4) is 0 Å². The number of fused-ring (bicyclic) bond motifs is 3. The summed E-state index contributed by atoms with van der Waals surface area (Å²) in [6.07, 6.45) is 1.16. The fourth-order valence-electron chi connectivity index (χ4n) is 2.66. The highest BCUT2D eigenvalue weighted by atomic mass is 79.9. The fourth-order valence-corrected chi connectivity index (χ4v) is 3.99. The normalized spacial score (nSPS) is 13.7. The standard InChI is InChI=1S/C15H22N3S.BrH/c1-4-7-16-12-5-6-14-13(10-12)18-9-8-17(11(2)3)15(18)19-14;/h5-6,10-11,16H,4,7-9H2,1-3H3;1H/q+1;/p-1. The molecule has 0 unspecified atom stereocenters. The molecule has 1 aliphatic rings. The Bertz CT molecular complexity index is 594. The minimum atomic E-state index is 0. The third kappa shape index (κ3) is 2.66. The molecule has 0 spiro atoms. The summed E-state index contributed by atoms with van der Waals surface area (Å²) in [5.74, 6) is 0. The molecule has 20 heavy (non-hydrogen) atoms. The van der Waals surface area contributed by atoms with Crippen molar-refractivity contribution >= 4 is 32.4 Å². The highest BCUT2D eigenvalue weighted by molar-refractivity contribution is 7.21. The quantitative estimate of drug-likeness (QED) is 0.792. The Morgan fingerprint density at radius 3 is 2.90 bits per heavy atom. The van der Waals surface area contributed by atoms with Crippen LogP contribution in [0.3, 0.4) is 0 Å². The minimum absolute atomic E-state index is 0. The number of hydrogen-bond acceptors (Lipinski definition) is 3. The monoisotopic (exact) mass is 355 g/mol. The fraction of sp³-hybridized carbons (Fsp3) is 0.533. The summed E-state index contributed by atoms with van der Waals surface area (Å²) in [5.41, 5.74) is 2.62. The number of benzene rings is 1. The smallest absolute Gasteiger partial charge is 0.337 e. The molecule has 3 rings (SSSR count). The van der Waals surface area contributed by atoms with E-state index in [2.05, 4.69) is 53.8 Å². The maximum absolute atomic E-state index is 3.48. The van der Waals surface area contributed by atoms with Crippen LogP contribution in [0.4, 0.5) is 10.8 Å². The number of halogens is 1. The lowest BCUT2D eigenvalue weighted by Crippen LogP contribution is -3.00. The number of thiazole rings is 1. The van der Waals surface area contributed by atoms with Gasteiger partial charge >= 0.3 is 5.13 Å². The molecule has 3 nitrogen and oxygen atoms in total. The van der Waals surface area contributed by atoms with E-state index in [1.165, 1.54) is 21.0 Å². The van der Waals surface area contributed by atoms with Gasteiger partial charge in [-0.25, -0.2) is 9.47 Å². The Balaban J connectivity index is 0.00000147. The second-order valence-corrected chi connectivity index (χ2v) is 6.44. The first kappa shape index (κ1) is 15.6. The zero-order valence-electron chi connectivity index (χ0n) is 12.3. The molecule has 1 aliphatic heterocycles. The molecule has 0 amide bonds. The lowest BCUT2D eigenvalue weighted by Gasteiger charge is -2.11. The van der Waals surface area contributed by atoms with Crippen molar-refractivity contribution in [2.75, 3.05) is 23.3 Å². The molecule has 5 heteroatoms. The van der Waals surface area contributed by atoms with Gasteiger partial charge in [0.25, 0.3) is 0 Å². The third-order valence-corrected chi connectivity index (χ3v) is 4.90. The van der Waals surface area contributed by atoms with Crippen LogP contribution in [0.2, 0.25) is 0 Å². The van der Waals surface area contributed by atoms with Crippen LogP contribution in [0.1, 0.15) is 27.2 Å². The molecule has 0 atom stereocenters. The summed E-state index contributed by atoms with van der Waals surface area (Å²) in [7, 11) is 0. The molecule has 1 aromatic heterocycles. The Morgan fingerprint density at radius 2 is 2.20 bits per heavy atom. The Hall–Kier alpha value is -0.810. The highest BCUT2D eigenvalue weighted by Crippen LogP contribution is 2.32. The van der Waals surface area contributed by atoms with Gasteiger partial charge in [-0.05, 0) is 43.7 Å². The zero-order chi connectivity index (χ0) is 13.4. The number of nitrogens with one attached hydrogen (secondary N) is 1. The van der Waals surface area contributed by atoms with Crippen molar-refractivity contribution in [1.82, 2.24) is 0 Å². The second-order valence-electron chi connectivity index (χ2n) is 5.43. The zero-order valence-corrected chi connectivity index (χ0v) is 14.7. The van der Waals surface area contributed by atoms with Crippen LogP contribution in [-0.2, 0) is 6.54 Å². The van der Waals surface area contributed by atoms with E-state index < -0.39 is 0 Å². The first-order chi connectivity index (χ1) is 9.20. The molecule has 0 radical (unpaired) electrons. The molecule has 110 valence electrons. The van der Waals surface area contributed by atoms with Crippen LogP contribution in [0.15, 0.2) is 18.2 Å². The summed E-state index contributed by atoms with van der Waals surface area (Å²) < 4.78 is 3.86. The van der Waals surface area contributed by atoms with E-state index in [9.17, 15) is 0 Å². The molecule has 0 bridgehead atoms. The Labute approximate surface area is 135 Å². The van der Waals surface area contributed by atoms with Crippen LogP contribution in [0, 0.1) is 0 Å². The molecular weight excluding hydrogens is 334 g/mol. The molecule has 0 fully saturated rings. The summed E-state index contributed by atoms with van der Waals surface area (Å²) in [6, 6.07) is 7.33. The van der Waals surface area contributed by atoms with Crippen LogP contribution >= 0.6 is 11.3 Å². The lowest BCUT2D eigenvalue weighted by molar-refractivity contribution is -0.641. The van der Waals surface area contributed by atoms with E-state index in [0.29, 0.717) is 6.04 Å². The van der Waals surface area contributed by atoms with Gasteiger partial charge in [-0.2, -0.15) is 0 Å². The van der Waals surface area contributed by atoms with E-state index in [0.717, 1.165) is 26.1 Å². The van der Waals surface area contributed by atoms with Gasteiger partial charge in [0, 0.05) is 18.3 Å². The van der Waals surface area contributed by atoms with Gasteiger partial charge in [0.1, 0.15) is 18.6 Å². The average Bonchev–Trinajstić information content (AvgIpc) is 2.94. The number of anilines is 2. The van der Waals surface area contributed by atoms with Crippen LogP contribution < -0.4 is 31.8 Å². The van der Waals surface area contributed by atoms with Crippen molar-refractivity contribution in [2.24, 2.45) is 0 Å². The van der Waals surface area contributed by atoms with Gasteiger partial charge in [-0.15, -0.1) is 0 Å². The molecule has 2 aromatic rings. The minimum Gasteiger partial charge on any atom is -1.00 e. The molecule has 0 saturated heterocycles. The average molecular weight is 356 g/mol. The topological polar surface area (TPSA) is 19.1 Å². The van der Waals surface area contributed by atoms with Crippen LogP contribution in [-0.4, -0.2) is 19.1 Å². The predicted molar refractivity (Wildman–Crippen MR) is 83.3 cm³/mol. The SMILES string of the molecule is CCCNc1ccc2sc3[n+](c2c1)CCN3C(C)C.[Br-]. The molecular formula is C15H22BrN3S. The van der Waals surface area contributed by atoms with Crippen molar-refractivity contribution in [2.45, 2.75) is 39.8 Å². The van der Waals surface area contributed by atoms with Gasteiger partial charge in [-0.1, -0.05) is 6.92 Å². The van der Waals surface area contributed by atoms with Crippen molar-refractivity contribution in [3.63, 3.8) is 0 Å². The van der Waals surface area contributed by atoms with Crippen LogP contribution in [0.25, 0.3) is 10.2 Å². The second kappa shape index (κ2) is 6.31. The van der Waals surface area contributed by atoms with E-state index in [-0.39, 0.29) is 17.0 Å². The van der Waals surface area contributed by atoms with Crippen molar-refractivity contribution < 1.29 is 21.5 Å². The number of aromatic nitrogens is 1. The number of rotatable bonds is 4. The van der Waals surface area contributed by atoms with Gasteiger partial charge in [-0.3, -0.25) is 0 Å².